The molecule has 0 spiro atoms. The molecule has 1 heterocycles. The van der Waals surface area contributed by atoms with E-state index in [0.717, 1.165) is 24.3 Å². The van der Waals surface area contributed by atoms with Gasteiger partial charge in [0.25, 0.3) is 0 Å². The highest BCUT2D eigenvalue weighted by Gasteiger charge is 2.31. The third-order valence-electron chi connectivity index (χ3n) is 2.14. The van der Waals surface area contributed by atoms with Gasteiger partial charge in [0.05, 0.1) is 12.2 Å². The molecular weight excluding hydrogens is 160 g/mol. The summed E-state index contributed by atoms with van der Waals surface area (Å²) in [6, 6.07) is 0. The molecule has 0 aromatic rings. The fourth-order valence-corrected chi connectivity index (χ4v) is 2.63. The van der Waals surface area contributed by atoms with Crippen LogP contribution in [-0.4, -0.2) is 35.4 Å². The average molecular weight is 176 g/mol. The second kappa shape index (κ2) is 4.33. The Bertz CT molecular complexity index is 105. The van der Waals surface area contributed by atoms with Crippen molar-refractivity contribution >= 4 is 11.8 Å². The predicted octanol–water partition coefficient (Wildman–Crippen LogP) is 1.28. The van der Waals surface area contributed by atoms with Crippen molar-refractivity contribution in [3.63, 3.8) is 0 Å². The van der Waals surface area contributed by atoms with Gasteiger partial charge in [0, 0.05) is 6.61 Å². The first-order valence-corrected chi connectivity index (χ1v) is 5.31. The van der Waals surface area contributed by atoms with Crippen molar-refractivity contribution in [3.8, 4) is 0 Å². The van der Waals surface area contributed by atoms with E-state index in [9.17, 15) is 0 Å². The first-order valence-electron chi connectivity index (χ1n) is 4.15. The van der Waals surface area contributed by atoms with Gasteiger partial charge in [-0.15, -0.1) is 0 Å². The number of hydrogen-bond donors (Lipinski definition) is 1. The van der Waals surface area contributed by atoms with Crippen LogP contribution in [0.3, 0.4) is 0 Å². The van der Waals surface area contributed by atoms with Crippen LogP contribution in [0.5, 0.6) is 0 Å². The van der Waals surface area contributed by atoms with E-state index in [1.54, 1.807) is 0 Å². The van der Waals surface area contributed by atoms with E-state index >= 15 is 0 Å². The minimum absolute atomic E-state index is 0.182. The van der Waals surface area contributed by atoms with Crippen LogP contribution >= 0.6 is 11.8 Å². The molecule has 0 amide bonds. The zero-order valence-corrected chi connectivity index (χ0v) is 7.82. The van der Waals surface area contributed by atoms with Gasteiger partial charge in [-0.05, 0) is 31.3 Å². The molecule has 0 radical (unpaired) electrons. The lowest BCUT2D eigenvalue weighted by atomic mass is 9.98. The molecule has 1 fully saturated rings. The summed E-state index contributed by atoms with van der Waals surface area (Å²) in [5.41, 5.74) is -0.194. The van der Waals surface area contributed by atoms with E-state index in [1.165, 1.54) is 0 Å². The van der Waals surface area contributed by atoms with E-state index in [2.05, 4.69) is 0 Å². The summed E-state index contributed by atoms with van der Waals surface area (Å²) in [6.07, 6.45) is 2.00. The van der Waals surface area contributed by atoms with Gasteiger partial charge in [0.15, 0.2) is 0 Å². The van der Waals surface area contributed by atoms with Gasteiger partial charge in [-0.2, -0.15) is 11.8 Å². The molecule has 1 aliphatic heterocycles. The maximum Gasteiger partial charge on any atom is 0.0927 e. The van der Waals surface area contributed by atoms with E-state index in [1.807, 2.05) is 18.7 Å². The maximum atomic E-state index is 9.14. The van der Waals surface area contributed by atoms with Gasteiger partial charge in [-0.1, -0.05) is 0 Å². The Morgan fingerprint density at radius 2 is 2.09 bits per heavy atom. The molecule has 0 aliphatic carbocycles. The van der Waals surface area contributed by atoms with Gasteiger partial charge in [-0.3, -0.25) is 0 Å². The van der Waals surface area contributed by atoms with Crippen molar-refractivity contribution in [2.24, 2.45) is 0 Å². The third kappa shape index (κ3) is 2.36. The Hall–Kier alpha value is 0.270. The van der Waals surface area contributed by atoms with Crippen LogP contribution in [0.2, 0.25) is 0 Å². The number of rotatable bonds is 3. The number of ether oxygens (including phenoxy) is 1. The molecule has 0 unspecified atom stereocenters. The minimum Gasteiger partial charge on any atom is -0.393 e. The summed E-state index contributed by atoms with van der Waals surface area (Å²) in [4.78, 5) is 0. The number of thioether (sulfide) groups is 1. The normalized spacial score (nSPS) is 23.5. The van der Waals surface area contributed by atoms with E-state index in [4.69, 9.17) is 9.84 Å². The summed E-state index contributed by atoms with van der Waals surface area (Å²) < 4.78 is 5.56. The largest absolute Gasteiger partial charge is 0.393 e. The highest BCUT2D eigenvalue weighted by atomic mass is 32.2. The van der Waals surface area contributed by atoms with Crippen LogP contribution in [-0.2, 0) is 4.74 Å². The van der Waals surface area contributed by atoms with Crippen molar-refractivity contribution in [2.45, 2.75) is 25.4 Å². The van der Waals surface area contributed by atoms with Crippen LogP contribution in [0.15, 0.2) is 0 Å². The van der Waals surface area contributed by atoms with Crippen molar-refractivity contribution in [2.75, 3.05) is 24.7 Å². The Morgan fingerprint density at radius 3 is 2.55 bits per heavy atom. The second-order valence-electron chi connectivity index (χ2n) is 2.89. The molecule has 0 aromatic heterocycles. The fourth-order valence-electron chi connectivity index (χ4n) is 1.40. The van der Waals surface area contributed by atoms with Crippen LogP contribution in [0.25, 0.3) is 0 Å². The summed E-state index contributed by atoms with van der Waals surface area (Å²) in [5, 5.41) is 9.14. The van der Waals surface area contributed by atoms with Crippen molar-refractivity contribution in [1.29, 1.82) is 0 Å². The molecule has 1 rings (SSSR count). The lowest BCUT2D eigenvalue weighted by Gasteiger charge is -2.34. The Morgan fingerprint density at radius 1 is 1.45 bits per heavy atom. The van der Waals surface area contributed by atoms with Gasteiger partial charge in [0.1, 0.15) is 0 Å². The zero-order valence-electron chi connectivity index (χ0n) is 7.01. The highest BCUT2D eigenvalue weighted by molar-refractivity contribution is 7.99. The number of hydrogen-bond acceptors (Lipinski definition) is 3. The molecule has 0 atom stereocenters. The highest BCUT2D eigenvalue weighted by Crippen LogP contribution is 2.29. The lowest BCUT2D eigenvalue weighted by Crippen LogP contribution is -2.40. The van der Waals surface area contributed by atoms with Gasteiger partial charge >= 0.3 is 0 Å². The second-order valence-corrected chi connectivity index (χ2v) is 4.11. The smallest absolute Gasteiger partial charge is 0.0927 e. The van der Waals surface area contributed by atoms with E-state index in [-0.39, 0.29) is 12.2 Å². The average Bonchev–Trinajstić information content (AvgIpc) is 2.07. The molecule has 0 bridgehead atoms. The Balaban J connectivity index is 2.42. The monoisotopic (exact) mass is 176 g/mol. The summed E-state index contributed by atoms with van der Waals surface area (Å²) in [7, 11) is 0. The molecule has 0 saturated carbocycles. The molecule has 11 heavy (non-hydrogen) atoms. The molecular formula is C8H16O2S. The minimum atomic E-state index is -0.194. The zero-order chi connectivity index (χ0) is 8.16. The van der Waals surface area contributed by atoms with Crippen molar-refractivity contribution in [1.82, 2.24) is 0 Å². The number of aliphatic hydroxyl groups is 1. The molecule has 0 aromatic carbocycles. The Labute approximate surface area is 72.3 Å². The first kappa shape index (κ1) is 9.36. The van der Waals surface area contributed by atoms with Gasteiger partial charge in [-0.25, -0.2) is 0 Å². The molecule has 66 valence electrons. The SMILES string of the molecule is CCOC1(CO)CCSCC1. The quantitative estimate of drug-likeness (QED) is 0.702. The predicted molar refractivity (Wildman–Crippen MR) is 48.0 cm³/mol. The van der Waals surface area contributed by atoms with E-state index < -0.39 is 0 Å². The summed E-state index contributed by atoms with van der Waals surface area (Å²) >= 11 is 1.95. The maximum absolute atomic E-state index is 9.14. The van der Waals surface area contributed by atoms with E-state index in [0.29, 0.717) is 6.61 Å². The topological polar surface area (TPSA) is 29.5 Å². The number of aliphatic hydroxyl groups excluding tert-OH is 1. The van der Waals surface area contributed by atoms with Crippen LogP contribution in [0.4, 0.5) is 0 Å². The molecule has 3 heteroatoms. The van der Waals surface area contributed by atoms with Crippen molar-refractivity contribution < 1.29 is 9.84 Å². The molecule has 1 saturated heterocycles. The fraction of sp³-hybridized carbons (Fsp3) is 1.00. The van der Waals surface area contributed by atoms with Gasteiger partial charge in [0.2, 0.25) is 0 Å². The standard InChI is InChI=1S/C8H16O2S/c1-2-10-8(7-9)3-5-11-6-4-8/h9H,2-7H2,1H3. The molecule has 1 aliphatic rings. The van der Waals surface area contributed by atoms with Crippen molar-refractivity contribution in [3.05, 3.63) is 0 Å². The Kier molecular flexibility index (Phi) is 3.69. The van der Waals surface area contributed by atoms with Gasteiger partial charge < -0.3 is 9.84 Å². The lowest BCUT2D eigenvalue weighted by molar-refractivity contribution is -0.0795. The van der Waals surface area contributed by atoms with Crippen LogP contribution in [0.1, 0.15) is 19.8 Å². The van der Waals surface area contributed by atoms with Crippen LogP contribution < -0.4 is 0 Å². The summed E-state index contributed by atoms with van der Waals surface area (Å²) in [6.45, 7) is 2.88. The summed E-state index contributed by atoms with van der Waals surface area (Å²) in [5.74, 6) is 2.25. The first-order chi connectivity index (χ1) is 5.33. The van der Waals surface area contributed by atoms with Crippen LogP contribution in [0, 0.1) is 0 Å². The molecule has 2 nitrogen and oxygen atoms in total. The third-order valence-corrected chi connectivity index (χ3v) is 3.13. The molecule has 1 N–H and O–H groups in total.